The van der Waals surface area contributed by atoms with Crippen LogP contribution in [0.4, 0.5) is 0 Å². The molecule has 1 aromatic carbocycles. The zero-order valence-electron chi connectivity index (χ0n) is 12.1. The molecule has 0 saturated heterocycles. The highest BCUT2D eigenvalue weighted by Crippen LogP contribution is 2.40. The Morgan fingerprint density at radius 2 is 1.95 bits per heavy atom. The van der Waals surface area contributed by atoms with Gasteiger partial charge in [-0.1, -0.05) is 24.3 Å². The van der Waals surface area contributed by atoms with Crippen molar-refractivity contribution in [2.45, 2.75) is 45.1 Å². The number of esters is 1. The Balaban J connectivity index is 2.19. The number of benzene rings is 1. The number of hydrogen-bond acceptors (Lipinski definition) is 3. The van der Waals surface area contributed by atoms with Crippen LogP contribution in [0, 0.1) is 5.92 Å². The van der Waals surface area contributed by atoms with Gasteiger partial charge in [-0.25, -0.2) is 0 Å². The zero-order valence-corrected chi connectivity index (χ0v) is 12.1. The lowest BCUT2D eigenvalue weighted by molar-refractivity contribution is -0.156. The van der Waals surface area contributed by atoms with E-state index in [0.29, 0.717) is 6.42 Å². The predicted octanol–water partition coefficient (Wildman–Crippen LogP) is 2.76. The molecule has 0 radical (unpaired) electrons. The van der Waals surface area contributed by atoms with Crippen LogP contribution in [0.5, 0.6) is 0 Å². The first-order chi connectivity index (χ1) is 9.28. The van der Waals surface area contributed by atoms with Crippen LogP contribution in [0.2, 0.25) is 0 Å². The summed E-state index contributed by atoms with van der Waals surface area (Å²) in [5.74, 6) is -2.03. The van der Waals surface area contributed by atoms with E-state index in [2.05, 4.69) is 0 Å². The van der Waals surface area contributed by atoms with Gasteiger partial charge >= 0.3 is 11.9 Å². The number of carboxylic acid groups (broad SMARTS) is 1. The molecule has 20 heavy (non-hydrogen) atoms. The van der Waals surface area contributed by atoms with Crippen LogP contribution >= 0.6 is 0 Å². The van der Waals surface area contributed by atoms with Crippen LogP contribution in [0.15, 0.2) is 24.3 Å². The fourth-order valence-electron chi connectivity index (χ4n) is 2.75. The Hall–Kier alpha value is -1.84. The molecule has 4 heteroatoms. The van der Waals surface area contributed by atoms with E-state index in [4.69, 9.17) is 4.74 Å². The number of hydrogen-bond donors (Lipinski definition) is 1. The molecule has 1 aromatic rings. The highest BCUT2D eigenvalue weighted by Gasteiger charge is 2.38. The van der Waals surface area contributed by atoms with Gasteiger partial charge in [-0.05, 0) is 38.3 Å². The van der Waals surface area contributed by atoms with E-state index in [1.165, 1.54) is 0 Å². The van der Waals surface area contributed by atoms with Gasteiger partial charge in [0.2, 0.25) is 0 Å². The van der Waals surface area contributed by atoms with Crippen molar-refractivity contribution in [1.82, 2.24) is 0 Å². The standard InChI is InChI=1S/C16H20O4/c1-16(2,3)20-14(17)9-12-11-7-5-4-6-10(11)8-13(12)15(18)19/h4-7,12-13H,8-9H2,1-3H3,(H,18,19). The monoisotopic (exact) mass is 276 g/mol. The first-order valence-corrected chi connectivity index (χ1v) is 6.80. The Bertz CT molecular complexity index is 528. The molecule has 108 valence electrons. The molecule has 0 heterocycles. The van der Waals surface area contributed by atoms with E-state index in [1.807, 2.05) is 45.0 Å². The third-order valence-electron chi connectivity index (χ3n) is 3.50. The summed E-state index contributed by atoms with van der Waals surface area (Å²) in [6, 6.07) is 7.62. The second-order valence-corrected chi connectivity index (χ2v) is 6.24. The lowest BCUT2D eigenvalue weighted by Crippen LogP contribution is -2.27. The molecule has 2 atom stereocenters. The molecule has 0 bridgehead atoms. The lowest BCUT2D eigenvalue weighted by atomic mass is 9.89. The highest BCUT2D eigenvalue weighted by molar-refractivity contribution is 5.77. The summed E-state index contributed by atoms with van der Waals surface area (Å²) in [4.78, 5) is 23.4. The largest absolute Gasteiger partial charge is 0.481 e. The molecule has 2 unspecified atom stereocenters. The van der Waals surface area contributed by atoms with Gasteiger partial charge in [0.25, 0.3) is 0 Å². The first-order valence-electron chi connectivity index (χ1n) is 6.80. The lowest BCUT2D eigenvalue weighted by Gasteiger charge is -2.22. The van der Waals surface area contributed by atoms with E-state index >= 15 is 0 Å². The van der Waals surface area contributed by atoms with Gasteiger partial charge in [0.1, 0.15) is 5.60 Å². The average molecular weight is 276 g/mol. The molecule has 0 fully saturated rings. The number of fused-ring (bicyclic) bond motifs is 1. The summed E-state index contributed by atoms with van der Waals surface area (Å²) in [6.07, 6.45) is 0.601. The summed E-state index contributed by atoms with van der Waals surface area (Å²) in [5, 5.41) is 9.35. The van der Waals surface area contributed by atoms with E-state index in [0.717, 1.165) is 11.1 Å². The minimum Gasteiger partial charge on any atom is -0.481 e. The van der Waals surface area contributed by atoms with Crippen LogP contribution in [-0.2, 0) is 20.7 Å². The predicted molar refractivity (Wildman–Crippen MR) is 74.5 cm³/mol. The summed E-state index contributed by atoms with van der Waals surface area (Å²) >= 11 is 0. The first kappa shape index (κ1) is 14.6. The molecule has 1 aliphatic carbocycles. The van der Waals surface area contributed by atoms with Crippen molar-refractivity contribution in [3.63, 3.8) is 0 Å². The molecular formula is C16H20O4. The maximum Gasteiger partial charge on any atom is 0.307 e. The van der Waals surface area contributed by atoms with Crippen LogP contribution in [0.25, 0.3) is 0 Å². The maximum atomic E-state index is 12.0. The molecule has 2 rings (SSSR count). The molecule has 0 spiro atoms. The van der Waals surface area contributed by atoms with Gasteiger partial charge in [0.15, 0.2) is 0 Å². The smallest absolute Gasteiger partial charge is 0.307 e. The number of aliphatic carboxylic acids is 1. The molecule has 0 aromatic heterocycles. The maximum absolute atomic E-state index is 12.0. The Labute approximate surface area is 118 Å². The number of carboxylic acids is 1. The number of carbonyl (C=O) groups excluding carboxylic acids is 1. The molecule has 1 N–H and O–H groups in total. The second-order valence-electron chi connectivity index (χ2n) is 6.24. The van der Waals surface area contributed by atoms with E-state index in [-0.39, 0.29) is 18.3 Å². The molecule has 4 nitrogen and oxygen atoms in total. The van der Waals surface area contributed by atoms with Gasteiger partial charge in [-0.2, -0.15) is 0 Å². The van der Waals surface area contributed by atoms with Crippen LogP contribution in [0.3, 0.4) is 0 Å². The Morgan fingerprint density at radius 1 is 1.30 bits per heavy atom. The van der Waals surface area contributed by atoms with Gasteiger partial charge in [-0.3, -0.25) is 9.59 Å². The molecule has 1 aliphatic rings. The van der Waals surface area contributed by atoms with Crippen LogP contribution in [0.1, 0.15) is 44.2 Å². The van der Waals surface area contributed by atoms with Gasteiger partial charge in [-0.15, -0.1) is 0 Å². The minimum absolute atomic E-state index is 0.116. The van der Waals surface area contributed by atoms with E-state index in [9.17, 15) is 14.7 Å². The van der Waals surface area contributed by atoms with Crippen molar-refractivity contribution in [2.24, 2.45) is 5.92 Å². The van der Waals surface area contributed by atoms with Crippen molar-refractivity contribution in [3.8, 4) is 0 Å². The molecule has 0 amide bonds. The minimum atomic E-state index is -0.852. The van der Waals surface area contributed by atoms with Crippen molar-refractivity contribution in [2.75, 3.05) is 0 Å². The summed E-state index contributed by atoms with van der Waals surface area (Å²) < 4.78 is 5.31. The van der Waals surface area contributed by atoms with E-state index < -0.39 is 17.5 Å². The van der Waals surface area contributed by atoms with Crippen molar-refractivity contribution < 1.29 is 19.4 Å². The Morgan fingerprint density at radius 3 is 2.55 bits per heavy atom. The number of rotatable bonds is 3. The second kappa shape index (κ2) is 5.27. The van der Waals surface area contributed by atoms with Crippen molar-refractivity contribution >= 4 is 11.9 Å². The zero-order chi connectivity index (χ0) is 14.9. The third-order valence-corrected chi connectivity index (χ3v) is 3.50. The fourth-order valence-corrected chi connectivity index (χ4v) is 2.75. The summed E-state index contributed by atoms with van der Waals surface area (Å²) in [6.45, 7) is 5.42. The van der Waals surface area contributed by atoms with Gasteiger partial charge in [0, 0.05) is 5.92 Å². The van der Waals surface area contributed by atoms with Crippen molar-refractivity contribution in [3.05, 3.63) is 35.4 Å². The number of carbonyl (C=O) groups is 2. The van der Waals surface area contributed by atoms with Crippen LogP contribution < -0.4 is 0 Å². The fraction of sp³-hybridized carbons (Fsp3) is 0.500. The van der Waals surface area contributed by atoms with Gasteiger partial charge < -0.3 is 9.84 Å². The number of ether oxygens (including phenoxy) is 1. The van der Waals surface area contributed by atoms with E-state index in [1.54, 1.807) is 0 Å². The van der Waals surface area contributed by atoms with Crippen molar-refractivity contribution in [1.29, 1.82) is 0 Å². The summed E-state index contributed by atoms with van der Waals surface area (Å²) in [5.41, 5.74) is 1.44. The van der Waals surface area contributed by atoms with Crippen LogP contribution in [-0.4, -0.2) is 22.6 Å². The molecule has 0 saturated carbocycles. The summed E-state index contributed by atoms with van der Waals surface area (Å²) in [7, 11) is 0. The topological polar surface area (TPSA) is 63.6 Å². The quantitative estimate of drug-likeness (QED) is 0.862. The van der Waals surface area contributed by atoms with Gasteiger partial charge in [0.05, 0.1) is 12.3 Å². The molecule has 0 aliphatic heterocycles. The Kier molecular flexibility index (Phi) is 3.84. The normalized spacial score (nSPS) is 21.4. The highest BCUT2D eigenvalue weighted by atomic mass is 16.6. The third kappa shape index (κ3) is 3.18. The molecular weight excluding hydrogens is 256 g/mol. The average Bonchev–Trinajstić information content (AvgIpc) is 2.66. The SMILES string of the molecule is CC(C)(C)OC(=O)CC1c2ccccc2CC1C(=O)O.